The molecule has 0 atom stereocenters. The number of rotatable bonds is 6. The molecule has 30 heavy (non-hydrogen) atoms. The fourth-order valence-corrected chi connectivity index (χ4v) is 4.16. The number of thiazole rings is 1. The predicted molar refractivity (Wildman–Crippen MR) is 117 cm³/mol. The zero-order chi connectivity index (χ0) is 21.3. The Morgan fingerprint density at radius 2 is 1.70 bits per heavy atom. The van der Waals surface area contributed by atoms with Gasteiger partial charge in [-0.05, 0) is 43.3 Å². The summed E-state index contributed by atoms with van der Waals surface area (Å²) in [5, 5.41) is 2.91. The van der Waals surface area contributed by atoms with E-state index in [0.29, 0.717) is 22.1 Å². The van der Waals surface area contributed by atoms with Crippen molar-refractivity contribution in [1.29, 1.82) is 0 Å². The Bertz CT molecular complexity index is 1210. The molecule has 0 bridgehead atoms. The molecule has 0 saturated heterocycles. The average Bonchev–Trinajstić information content (AvgIpc) is 3.33. The van der Waals surface area contributed by atoms with Crippen LogP contribution in [0.2, 0.25) is 0 Å². The average molecular weight is 423 g/mol. The minimum absolute atomic E-state index is 0.222. The number of nitrogens with one attached hydrogen (secondary N) is 1. The number of fused-ring (bicyclic) bond motifs is 1. The highest BCUT2D eigenvalue weighted by Crippen LogP contribution is 2.32. The Morgan fingerprint density at radius 3 is 2.33 bits per heavy atom. The summed E-state index contributed by atoms with van der Waals surface area (Å²) in [5.74, 6) is 1.77. The fraction of sp³-hybridized carbons (Fsp3) is 0.182. The Balaban J connectivity index is 1.63. The van der Waals surface area contributed by atoms with Crippen molar-refractivity contribution in [2.75, 3.05) is 26.6 Å². The monoisotopic (exact) mass is 423 g/mol. The van der Waals surface area contributed by atoms with Gasteiger partial charge in [0.2, 0.25) is 0 Å². The predicted octanol–water partition coefficient (Wildman–Crippen LogP) is 4.65. The van der Waals surface area contributed by atoms with E-state index in [2.05, 4.69) is 10.3 Å². The van der Waals surface area contributed by atoms with Crippen LogP contribution < -0.4 is 19.5 Å². The number of hydrogen-bond donors (Lipinski definition) is 1. The van der Waals surface area contributed by atoms with Gasteiger partial charge in [-0.15, -0.1) is 0 Å². The topological polar surface area (TPSA) is 74.1 Å². The van der Waals surface area contributed by atoms with E-state index in [-0.39, 0.29) is 5.91 Å². The van der Waals surface area contributed by atoms with Crippen LogP contribution in [-0.4, -0.2) is 36.6 Å². The fourth-order valence-electron chi connectivity index (χ4n) is 3.15. The molecule has 2 heterocycles. The van der Waals surface area contributed by atoms with Crippen LogP contribution >= 0.6 is 11.3 Å². The second-order valence-corrected chi connectivity index (χ2v) is 7.52. The van der Waals surface area contributed by atoms with Crippen LogP contribution in [0.1, 0.15) is 15.4 Å². The number of carbonyl (C=O) groups is 1. The van der Waals surface area contributed by atoms with Gasteiger partial charge in [-0.25, -0.2) is 4.98 Å². The Kier molecular flexibility index (Phi) is 5.33. The van der Waals surface area contributed by atoms with Crippen LogP contribution in [0.15, 0.2) is 48.7 Å². The number of aromatic nitrogens is 2. The number of imidazole rings is 1. The molecule has 8 heteroatoms. The molecular formula is C22H21N3O4S. The third-order valence-electron chi connectivity index (χ3n) is 4.80. The van der Waals surface area contributed by atoms with E-state index in [1.54, 1.807) is 39.5 Å². The molecule has 1 N–H and O–H groups in total. The van der Waals surface area contributed by atoms with Crippen LogP contribution in [0, 0.1) is 6.92 Å². The summed E-state index contributed by atoms with van der Waals surface area (Å²) in [6.45, 7) is 1.90. The van der Waals surface area contributed by atoms with Crippen LogP contribution in [0.4, 0.5) is 5.69 Å². The van der Waals surface area contributed by atoms with Crippen molar-refractivity contribution >= 4 is 27.9 Å². The van der Waals surface area contributed by atoms with Gasteiger partial charge in [0.25, 0.3) is 5.91 Å². The number of methoxy groups -OCH3 is 3. The van der Waals surface area contributed by atoms with E-state index in [0.717, 1.165) is 27.7 Å². The van der Waals surface area contributed by atoms with E-state index in [9.17, 15) is 4.79 Å². The molecule has 0 unspecified atom stereocenters. The Morgan fingerprint density at radius 1 is 1.00 bits per heavy atom. The number of anilines is 1. The van der Waals surface area contributed by atoms with Gasteiger partial charge in [0.1, 0.15) is 22.1 Å². The molecule has 0 saturated carbocycles. The summed E-state index contributed by atoms with van der Waals surface area (Å²) in [7, 11) is 4.77. The number of ether oxygens (including phenoxy) is 3. The molecular weight excluding hydrogens is 402 g/mol. The lowest BCUT2D eigenvalue weighted by Crippen LogP contribution is -2.12. The lowest BCUT2D eigenvalue weighted by atomic mass is 10.2. The van der Waals surface area contributed by atoms with Crippen molar-refractivity contribution in [3.63, 3.8) is 0 Å². The number of amides is 1. The highest BCUT2D eigenvalue weighted by Gasteiger charge is 2.19. The van der Waals surface area contributed by atoms with Gasteiger partial charge in [0, 0.05) is 23.5 Å². The number of carbonyl (C=O) groups excluding carboxylic acids is 1. The molecule has 0 aliphatic carbocycles. The normalized spacial score (nSPS) is 10.8. The van der Waals surface area contributed by atoms with E-state index >= 15 is 0 Å². The van der Waals surface area contributed by atoms with Crippen LogP contribution in [0.5, 0.6) is 17.2 Å². The van der Waals surface area contributed by atoms with Crippen LogP contribution in [0.3, 0.4) is 0 Å². The summed E-state index contributed by atoms with van der Waals surface area (Å²) >= 11 is 1.34. The first-order valence-corrected chi connectivity index (χ1v) is 10.0. The molecule has 4 rings (SSSR count). The van der Waals surface area contributed by atoms with E-state index < -0.39 is 0 Å². The first-order chi connectivity index (χ1) is 14.5. The summed E-state index contributed by atoms with van der Waals surface area (Å²) in [5.41, 5.74) is 3.19. The van der Waals surface area contributed by atoms with Gasteiger partial charge >= 0.3 is 0 Å². The van der Waals surface area contributed by atoms with E-state index in [1.807, 2.05) is 41.8 Å². The minimum atomic E-state index is -0.222. The lowest BCUT2D eigenvalue weighted by molar-refractivity contribution is 0.102. The standard InChI is InChI=1S/C22H21N3O4S/c1-13-20(21(26)23-17-11-16(28-3)9-10-19(17)29-4)30-22-24-18(12-25(13)22)14-5-7-15(27-2)8-6-14/h5-12H,1-4H3,(H,23,26). The Hall–Kier alpha value is -3.52. The van der Waals surface area contributed by atoms with Gasteiger partial charge in [-0.2, -0.15) is 0 Å². The third kappa shape index (κ3) is 3.57. The third-order valence-corrected chi connectivity index (χ3v) is 5.96. The number of hydrogen-bond acceptors (Lipinski definition) is 6. The quantitative estimate of drug-likeness (QED) is 0.489. The smallest absolute Gasteiger partial charge is 0.267 e. The molecule has 0 spiro atoms. The summed E-state index contributed by atoms with van der Waals surface area (Å²) < 4.78 is 17.7. The molecule has 4 aromatic rings. The van der Waals surface area contributed by atoms with Gasteiger partial charge < -0.3 is 19.5 Å². The van der Waals surface area contributed by atoms with Crippen molar-refractivity contribution in [2.45, 2.75) is 6.92 Å². The van der Waals surface area contributed by atoms with Gasteiger partial charge in [0.15, 0.2) is 4.96 Å². The lowest BCUT2D eigenvalue weighted by Gasteiger charge is -2.11. The maximum absolute atomic E-state index is 12.9. The maximum Gasteiger partial charge on any atom is 0.267 e. The van der Waals surface area contributed by atoms with Crippen molar-refractivity contribution in [2.24, 2.45) is 0 Å². The number of benzene rings is 2. The maximum atomic E-state index is 12.9. The zero-order valence-corrected chi connectivity index (χ0v) is 17.9. The largest absolute Gasteiger partial charge is 0.497 e. The van der Waals surface area contributed by atoms with Crippen molar-refractivity contribution in [3.8, 4) is 28.5 Å². The molecule has 0 radical (unpaired) electrons. The summed E-state index contributed by atoms with van der Waals surface area (Å²) in [6, 6.07) is 13.0. The summed E-state index contributed by atoms with van der Waals surface area (Å²) in [6.07, 6.45) is 1.94. The highest BCUT2D eigenvalue weighted by atomic mass is 32.1. The summed E-state index contributed by atoms with van der Waals surface area (Å²) in [4.78, 5) is 19.0. The zero-order valence-electron chi connectivity index (χ0n) is 17.1. The molecule has 0 aliphatic rings. The number of nitrogens with zero attached hydrogens (tertiary/aromatic N) is 2. The van der Waals surface area contributed by atoms with Crippen LogP contribution in [-0.2, 0) is 0 Å². The molecule has 2 aromatic carbocycles. The second kappa shape index (κ2) is 8.08. The number of aryl methyl sites for hydroxylation is 1. The molecule has 0 aliphatic heterocycles. The van der Waals surface area contributed by atoms with E-state index in [1.165, 1.54) is 11.3 Å². The molecule has 7 nitrogen and oxygen atoms in total. The van der Waals surface area contributed by atoms with Gasteiger partial charge in [0.05, 0.1) is 32.7 Å². The van der Waals surface area contributed by atoms with Crippen molar-refractivity contribution < 1.29 is 19.0 Å². The molecule has 2 aromatic heterocycles. The molecule has 1 amide bonds. The SMILES string of the molecule is COc1ccc(-c2cn3c(C)c(C(=O)Nc4cc(OC)ccc4OC)sc3n2)cc1. The van der Waals surface area contributed by atoms with Crippen molar-refractivity contribution in [3.05, 3.63) is 59.2 Å². The second-order valence-electron chi connectivity index (χ2n) is 6.54. The van der Waals surface area contributed by atoms with Gasteiger partial charge in [-0.1, -0.05) is 11.3 Å². The first kappa shape index (κ1) is 19.8. The molecule has 0 fully saturated rings. The van der Waals surface area contributed by atoms with Gasteiger partial charge in [-0.3, -0.25) is 9.20 Å². The van der Waals surface area contributed by atoms with Crippen LogP contribution in [0.25, 0.3) is 16.2 Å². The first-order valence-electron chi connectivity index (χ1n) is 9.20. The van der Waals surface area contributed by atoms with Crippen molar-refractivity contribution in [1.82, 2.24) is 9.38 Å². The highest BCUT2D eigenvalue weighted by molar-refractivity contribution is 7.19. The van der Waals surface area contributed by atoms with E-state index in [4.69, 9.17) is 14.2 Å². The Labute approximate surface area is 177 Å². The molecule has 154 valence electrons. The minimum Gasteiger partial charge on any atom is -0.497 e.